The largest absolute Gasteiger partial charge is 0.503 e. The van der Waals surface area contributed by atoms with Gasteiger partial charge in [0, 0.05) is 6.54 Å². The highest BCUT2D eigenvalue weighted by Crippen LogP contribution is 2.44. The van der Waals surface area contributed by atoms with Crippen molar-refractivity contribution in [3.8, 4) is 17.2 Å². The van der Waals surface area contributed by atoms with Crippen molar-refractivity contribution < 1.29 is 28.2 Å². The lowest BCUT2D eigenvalue weighted by Crippen LogP contribution is -2.29. The standard InChI is InChI=1S/C26H19BrFNO6/c1-33-16-6-3-13(4-7-16)12-29-22(14-9-18(27)24(31)20(10-14)34-2)21-23(30)17-11-15(28)5-8-19(17)35-25(21)26(29)32/h3-11,22,31H,12H2,1-2H3/t22-/m1/s1. The van der Waals surface area contributed by atoms with E-state index in [1.165, 1.54) is 24.1 Å². The molecule has 1 aromatic heterocycles. The molecule has 0 aliphatic carbocycles. The Morgan fingerprint density at radius 1 is 1.06 bits per heavy atom. The lowest BCUT2D eigenvalue weighted by atomic mass is 9.97. The molecule has 1 atom stereocenters. The summed E-state index contributed by atoms with van der Waals surface area (Å²) in [4.78, 5) is 28.7. The third-order valence-corrected chi connectivity index (χ3v) is 6.63. The molecule has 2 heterocycles. The first-order valence-electron chi connectivity index (χ1n) is 10.6. The molecule has 1 aliphatic rings. The van der Waals surface area contributed by atoms with Gasteiger partial charge in [0.1, 0.15) is 17.1 Å². The van der Waals surface area contributed by atoms with Gasteiger partial charge in [-0.1, -0.05) is 12.1 Å². The second-order valence-electron chi connectivity index (χ2n) is 8.05. The number of rotatable bonds is 5. The second-order valence-corrected chi connectivity index (χ2v) is 8.91. The zero-order chi connectivity index (χ0) is 24.9. The molecule has 7 nitrogen and oxygen atoms in total. The van der Waals surface area contributed by atoms with Gasteiger partial charge in [0.15, 0.2) is 16.9 Å². The number of hydrogen-bond donors (Lipinski definition) is 1. The fourth-order valence-electron chi connectivity index (χ4n) is 4.34. The predicted molar refractivity (Wildman–Crippen MR) is 130 cm³/mol. The van der Waals surface area contributed by atoms with Crippen molar-refractivity contribution in [3.63, 3.8) is 0 Å². The summed E-state index contributed by atoms with van der Waals surface area (Å²) in [5, 5.41) is 10.3. The maximum absolute atomic E-state index is 14.0. The van der Waals surface area contributed by atoms with Gasteiger partial charge >= 0.3 is 0 Å². The minimum atomic E-state index is -0.866. The molecule has 4 aromatic rings. The minimum Gasteiger partial charge on any atom is -0.503 e. The van der Waals surface area contributed by atoms with Crippen LogP contribution in [-0.2, 0) is 6.54 Å². The Morgan fingerprint density at radius 2 is 1.80 bits per heavy atom. The van der Waals surface area contributed by atoms with Gasteiger partial charge in [-0.2, -0.15) is 0 Å². The summed E-state index contributed by atoms with van der Waals surface area (Å²) in [6, 6.07) is 13.1. The van der Waals surface area contributed by atoms with Gasteiger partial charge in [0.2, 0.25) is 5.76 Å². The Morgan fingerprint density at radius 3 is 2.49 bits per heavy atom. The molecule has 0 bridgehead atoms. The Hall–Kier alpha value is -3.85. The zero-order valence-corrected chi connectivity index (χ0v) is 20.3. The highest BCUT2D eigenvalue weighted by molar-refractivity contribution is 9.10. The molecule has 0 fully saturated rings. The second kappa shape index (κ2) is 8.74. The molecule has 178 valence electrons. The Labute approximate surface area is 207 Å². The summed E-state index contributed by atoms with van der Waals surface area (Å²) >= 11 is 3.31. The molecule has 0 unspecified atom stereocenters. The number of carbonyl (C=O) groups is 1. The van der Waals surface area contributed by atoms with E-state index in [9.17, 15) is 19.1 Å². The maximum Gasteiger partial charge on any atom is 0.291 e. The molecule has 5 rings (SSSR count). The number of hydrogen-bond acceptors (Lipinski definition) is 6. The molecule has 35 heavy (non-hydrogen) atoms. The number of ether oxygens (including phenoxy) is 2. The summed E-state index contributed by atoms with van der Waals surface area (Å²) in [5.74, 6) is -0.456. The first kappa shape index (κ1) is 22.9. The maximum atomic E-state index is 14.0. The Bertz CT molecular complexity index is 1530. The summed E-state index contributed by atoms with van der Waals surface area (Å²) in [6.45, 7) is 0.155. The SMILES string of the molecule is COc1ccc(CN2C(=O)c3oc4ccc(F)cc4c(=O)c3[C@H]2c2cc(Br)c(O)c(OC)c2)cc1. The average Bonchev–Trinajstić information content (AvgIpc) is 3.13. The molecule has 0 spiro atoms. The predicted octanol–water partition coefficient (Wildman–Crippen LogP) is 5.16. The number of fused-ring (bicyclic) bond motifs is 2. The van der Waals surface area contributed by atoms with E-state index in [-0.39, 0.29) is 40.3 Å². The molecule has 1 aliphatic heterocycles. The van der Waals surface area contributed by atoms with Gasteiger partial charge in [0.05, 0.1) is 35.7 Å². The van der Waals surface area contributed by atoms with Crippen LogP contribution in [0.3, 0.4) is 0 Å². The topological polar surface area (TPSA) is 89.2 Å². The fourth-order valence-corrected chi connectivity index (χ4v) is 4.80. The van der Waals surface area contributed by atoms with Crippen molar-refractivity contribution in [3.05, 3.63) is 97.6 Å². The van der Waals surface area contributed by atoms with Gasteiger partial charge in [-0.3, -0.25) is 9.59 Å². The van der Waals surface area contributed by atoms with E-state index < -0.39 is 23.2 Å². The quantitative estimate of drug-likeness (QED) is 0.376. The normalized spacial score (nSPS) is 14.9. The Balaban J connectivity index is 1.73. The summed E-state index contributed by atoms with van der Waals surface area (Å²) in [7, 11) is 2.96. The van der Waals surface area contributed by atoms with Gasteiger partial charge in [-0.15, -0.1) is 0 Å². The summed E-state index contributed by atoms with van der Waals surface area (Å²) < 4.78 is 30.6. The van der Waals surface area contributed by atoms with Crippen molar-refractivity contribution in [1.82, 2.24) is 4.90 Å². The molecule has 0 saturated carbocycles. The number of methoxy groups -OCH3 is 2. The van der Waals surface area contributed by atoms with Gasteiger partial charge in [-0.25, -0.2) is 4.39 Å². The molecule has 1 amide bonds. The van der Waals surface area contributed by atoms with Crippen LogP contribution in [0.25, 0.3) is 11.0 Å². The van der Waals surface area contributed by atoms with Crippen LogP contribution in [0.4, 0.5) is 4.39 Å². The number of phenolic OH excluding ortho intramolecular Hbond substituents is 1. The van der Waals surface area contributed by atoms with Crippen molar-refractivity contribution in [2.75, 3.05) is 14.2 Å². The first-order valence-corrected chi connectivity index (χ1v) is 11.4. The molecule has 9 heteroatoms. The van der Waals surface area contributed by atoms with E-state index in [0.29, 0.717) is 15.8 Å². The van der Waals surface area contributed by atoms with Crippen LogP contribution < -0.4 is 14.9 Å². The lowest BCUT2D eigenvalue weighted by Gasteiger charge is -2.26. The summed E-state index contributed by atoms with van der Waals surface area (Å²) in [5.41, 5.74) is 1.03. The lowest BCUT2D eigenvalue weighted by molar-refractivity contribution is 0.0714. The van der Waals surface area contributed by atoms with Crippen LogP contribution in [-0.4, -0.2) is 30.1 Å². The molecular weight excluding hydrogens is 521 g/mol. The number of amides is 1. The van der Waals surface area contributed by atoms with E-state index in [0.717, 1.165) is 11.6 Å². The molecule has 0 saturated heterocycles. The van der Waals surface area contributed by atoms with Crippen molar-refractivity contribution in [2.45, 2.75) is 12.6 Å². The van der Waals surface area contributed by atoms with E-state index in [4.69, 9.17) is 13.9 Å². The molecule has 0 radical (unpaired) electrons. The zero-order valence-electron chi connectivity index (χ0n) is 18.7. The first-order chi connectivity index (χ1) is 16.8. The number of carbonyl (C=O) groups excluding carboxylic acids is 1. The van der Waals surface area contributed by atoms with E-state index in [1.807, 2.05) is 12.1 Å². The Kier molecular flexibility index (Phi) is 5.72. The minimum absolute atomic E-state index is 0.0395. The number of halogens is 2. The van der Waals surface area contributed by atoms with Crippen molar-refractivity contribution in [1.29, 1.82) is 0 Å². The third-order valence-electron chi connectivity index (χ3n) is 6.03. The number of benzene rings is 3. The van der Waals surface area contributed by atoms with Crippen molar-refractivity contribution in [2.24, 2.45) is 0 Å². The van der Waals surface area contributed by atoms with Crippen LogP contribution in [0.5, 0.6) is 17.2 Å². The van der Waals surface area contributed by atoms with Crippen molar-refractivity contribution >= 4 is 32.8 Å². The monoisotopic (exact) mass is 539 g/mol. The van der Waals surface area contributed by atoms with Gasteiger partial charge in [0.25, 0.3) is 5.91 Å². The van der Waals surface area contributed by atoms with Crippen LogP contribution in [0.15, 0.2) is 68.3 Å². The molecular formula is C26H19BrFNO6. The van der Waals surface area contributed by atoms with E-state index in [2.05, 4.69) is 15.9 Å². The number of aromatic hydroxyl groups is 1. The smallest absolute Gasteiger partial charge is 0.291 e. The molecule has 1 N–H and O–H groups in total. The number of phenols is 1. The van der Waals surface area contributed by atoms with Crippen LogP contribution in [0, 0.1) is 5.82 Å². The highest BCUT2D eigenvalue weighted by Gasteiger charge is 2.43. The highest BCUT2D eigenvalue weighted by atomic mass is 79.9. The van der Waals surface area contributed by atoms with Gasteiger partial charge < -0.3 is 23.9 Å². The van der Waals surface area contributed by atoms with Crippen LogP contribution in [0.2, 0.25) is 0 Å². The third kappa shape index (κ3) is 3.81. The van der Waals surface area contributed by atoms with E-state index in [1.54, 1.807) is 31.4 Å². The number of nitrogens with zero attached hydrogens (tertiary/aromatic N) is 1. The average molecular weight is 540 g/mol. The molecule has 3 aromatic carbocycles. The summed E-state index contributed by atoms with van der Waals surface area (Å²) in [6.07, 6.45) is 0. The van der Waals surface area contributed by atoms with Crippen LogP contribution in [0.1, 0.15) is 33.3 Å². The van der Waals surface area contributed by atoms with Crippen LogP contribution >= 0.6 is 15.9 Å². The fraction of sp³-hybridized carbons (Fsp3) is 0.154. The van der Waals surface area contributed by atoms with Gasteiger partial charge in [-0.05, 0) is 69.5 Å². The van der Waals surface area contributed by atoms with E-state index >= 15 is 0 Å².